The lowest BCUT2D eigenvalue weighted by molar-refractivity contribution is 0.0743. The van der Waals surface area contributed by atoms with Gasteiger partial charge in [0.1, 0.15) is 5.69 Å². The van der Waals surface area contributed by atoms with Crippen molar-refractivity contribution in [2.24, 2.45) is 5.73 Å². The molecule has 1 atom stereocenters. The van der Waals surface area contributed by atoms with Crippen LogP contribution >= 0.6 is 11.3 Å². The van der Waals surface area contributed by atoms with E-state index in [0.717, 1.165) is 11.4 Å². The van der Waals surface area contributed by atoms with Crippen LogP contribution in [0.25, 0.3) is 0 Å². The Morgan fingerprint density at radius 3 is 2.75 bits per heavy atom. The van der Waals surface area contributed by atoms with Crippen molar-refractivity contribution in [3.8, 4) is 0 Å². The molecule has 4 nitrogen and oxygen atoms in total. The van der Waals surface area contributed by atoms with Crippen molar-refractivity contribution in [2.45, 2.75) is 19.4 Å². The quantitative estimate of drug-likeness (QED) is 0.917. The summed E-state index contributed by atoms with van der Waals surface area (Å²) < 4.78 is 0. The Labute approximate surface area is 123 Å². The maximum Gasteiger partial charge on any atom is 0.273 e. The number of carbonyl (C=O) groups is 1. The molecule has 2 rings (SSSR count). The monoisotopic (exact) mass is 289 g/mol. The van der Waals surface area contributed by atoms with Gasteiger partial charge in [-0.1, -0.05) is 30.3 Å². The summed E-state index contributed by atoms with van der Waals surface area (Å²) >= 11 is 1.52. The largest absolute Gasteiger partial charge is 0.336 e. The molecule has 1 aromatic heterocycles. The molecule has 0 aliphatic heterocycles. The van der Waals surface area contributed by atoms with E-state index >= 15 is 0 Å². The van der Waals surface area contributed by atoms with E-state index < -0.39 is 0 Å². The van der Waals surface area contributed by atoms with Crippen LogP contribution in [-0.2, 0) is 6.42 Å². The molecule has 0 spiro atoms. The van der Waals surface area contributed by atoms with Crippen LogP contribution in [0, 0.1) is 0 Å². The number of rotatable bonds is 5. The molecule has 20 heavy (non-hydrogen) atoms. The van der Waals surface area contributed by atoms with Gasteiger partial charge in [0.05, 0.1) is 5.01 Å². The number of nitrogens with zero attached hydrogens (tertiary/aromatic N) is 2. The van der Waals surface area contributed by atoms with E-state index in [1.165, 1.54) is 16.9 Å². The first kappa shape index (κ1) is 14.7. The van der Waals surface area contributed by atoms with Gasteiger partial charge in [-0.05, 0) is 12.5 Å². The van der Waals surface area contributed by atoms with Gasteiger partial charge in [0.25, 0.3) is 5.91 Å². The Bertz CT molecular complexity index is 568. The molecular formula is C15H19N3OS. The van der Waals surface area contributed by atoms with Crippen LogP contribution in [0.1, 0.15) is 28.0 Å². The Hall–Kier alpha value is -1.72. The predicted molar refractivity (Wildman–Crippen MR) is 82.0 cm³/mol. The number of amides is 1. The van der Waals surface area contributed by atoms with E-state index in [4.69, 9.17) is 5.73 Å². The summed E-state index contributed by atoms with van der Waals surface area (Å²) in [6.07, 6.45) is 0.759. The minimum Gasteiger partial charge on any atom is -0.336 e. The SMILES string of the molecule is CC(CN)N(C)C(=O)c1csc(Cc2ccccc2)n1. The molecule has 0 aliphatic carbocycles. The average molecular weight is 289 g/mol. The summed E-state index contributed by atoms with van der Waals surface area (Å²) in [4.78, 5) is 18.3. The van der Waals surface area contributed by atoms with Gasteiger partial charge in [-0.25, -0.2) is 4.98 Å². The number of aromatic nitrogens is 1. The second-order valence-electron chi connectivity index (χ2n) is 4.79. The van der Waals surface area contributed by atoms with Crippen LogP contribution in [0.3, 0.4) is 0 Å². The van der Waals surface area contributed by atoms with Crippen LogP contribution in [0.2, 0.25) is 0 Å². The summed E-state index contributed by atoms with van der Waals surface area (Å²) in [5, 5.41) is 2.77. The molecule has 0 saturated carbocycles. The van der Waals surface area contributed by atoms with Crippen LogP contribution in [0.4, 0.5) is 0 Å². The molecule has 0 radical (unpaired) electrons. The van der Waals surface area contributed by atoms with Gasteiger partial charge in [-0.2, -0.15) is 0 Å². The molecule has 2 N–H and O–H groups in total. The molecular weight excluding hydrogens is 270 g/mol. The van der Waals surface area contributed by atoms with Crippen molar-refractivity contribution in [3.63, 3.8) is 0 Å². The number of likely N-dealkylation sites (N-methyl/N-ethyl adjacent to an activating group) is 1. The number of nitrogens with two attached hydrogens (primary N) is 1. The second kappa shape index (κ2) is 6.63. The highest BCUT2D eigenvalue weighted by molar-refractivity contribution is 7.09. The molecule has 0 aliphatic rings. The molecule has 1 aromatic carbocycles. The second-order valence-corrected chi connectivity index (χ2v) is 5.73. The zero-order valence-electron chi connectivity index (χ0n) is 11.7. The van der Waals surface area contributed by atoms with Crippen molar-refractivity contribution in [3.05, 3.63) is 52.0 Å². The molecule has 0 bridgehead atoms. The van der Waals surface area contributed by atoms with E-state index in [1.807, 2.05) is 30.5 Å². The van der Waals surface area contributed by atoms with E-state index in [1.54, 1.807) is 11.9 Å². The van der Waals surface area contributed by atoms with Crippen LogP contribution in [0.5, 0.6) is 0 Å². The van der Waals surface area contributed by atoms with Gasteiger partial charge in [-0.15, -0.1) is 11.3 Å². The third-order valence-corrected chi connectivity index (χ3v) is 4.14. The standard InChI is InChI=1S/C15H19N3OS/c1-11(9-16)18(2)15(19)13-10-20-14(17-13)8-12-6-4-3-5-7-12/h3-7,10-11H,8-9,16H2,1-2H3. The Morgan fingerprint density at radius 1 is 1.40 bits per heavy atom. The minimum absolute atomic E-state index is 0.0155. The molecule has 1 heterocycles. The Morgan fingerprint density at radius 2 is 2.10 bits per heavy atom. The van der Waals surface area contributed by atoms with Crippen LogP contribution < -0.4 is 5.73 Å². The van der Waals surface area contributed by atoms with Crippen LogP contribution in [-0.4, -0.2) is 35.4 Å². The summed E-state index contributed by atoms with van der Waals surface area (Å²) in [6, 6.07) is 10.1. The fraction of sp³-hybridized carbons (Fsp3) is 0.333. The third-order valence-electron chi connectivity index (χ3n) is 3.29. The smallest absolute Gasteiger partial charge is 0.273 e. The topological polar surface area (TPSA) is 59.2 Å². The highest BCUT2D eigenvalue weighted by Crippen LogP contribution is 2.16. The van der Waals surface area contributed by atoms with E-state index in [2.05, 4.69) is 17.1 Å². The predicted octanol–water partition coefficient (Wildman–Crippen LogP) is 2.15. The third kappa shape index (κ3) is 3.43. The van der Waals surface area contributed by atoms with Gasteiger partial charge in [-0.3, -0.25) is 4.79 Å². The number of benzene rings is 1. The maximum absolute atomic E-state index is 12.2. The van der Waals surface area contributed by atoms with Crippen molar-refractivity contribution in [1.29, 1.82) is 0 Å². The van der Waals surface area contributed by atoms with Gasteiger partial charge in [0, 0.05) is 31.4 Å². The molecule has 2 aromatic rings. The number of thiazole rings is 1. The van der Waals surface area contributed by atoms with Gasteiger partial charge >= 0.3 is 0 Å². The molecule has 106 valence electrons. The van der Waals surface area contributed by atoms with Gasteiger partial charge < -0.3 is 10.6 Å². The maximum atomic E-state index is 12.2. The fourth-order valence-electron chi connectivity index (χ4n) is 1.80. The average Bonchev–Trinajstić information content (AvgIpc) is 2.94. The van der Waals surface area contributed by atoms with E-state index in [-0.39, 0.29) is 11.9 Å². The van der Waals surface area contributed by atoms with Crippen molar-refractivity contribution in [2.75, 3.05) is 13.6 Å². The van der Waals surface area contributed by atoms with E-state index in [0.29, 0.717) is 12.2 Å². The summed E-state index contributed by atoms with van der Waals surface area (Å²) in [5.74, 6) is -0.0708. The first-order chi connectivity index (χ1) is 9.61. The molecule has 5 heteroatoms. The number of hydrogen-bond donors (Lipinski definition) is 1. The molecule has 1 unspecified atom stereocenters. The normalized spacial score (nSPS) is 12.2. The Balaban J connectivity index is 2.07. The fourth-order valence-corrected chi connectivity index (χ4v) is 2.60. The highest BCUT2D eigenvalue weighted by Gasteiger charge is 2.19. The molecule has 1 amide bonds. The minimum atomic E-state index is -0.0708. The zero-order chi connectivity index (χ0) is 14.5. The van der Waals surface area contributed by atoms with Crippen LogP contribution in [0.15, 0.2) is 35.7 Å². The van der Waals surface area contributed by atoms with Crippen molar-refractivity contribution >= 4 is 17.2 Å². The first-order valence-electron chi connectivity index (χ1n) is 6.57. The van der Waals surface area contributed by atoms with Crippen molar-refractivity contribution in [1.82, 2.24) is 9.88 Å². The molecule has 0 saturated heterocycles. The summed E-state index contributed by atoms with van der Waals surface area (Å²) in [6.45, 7) is 2.37. The number of hydrogen-bond acceptors (Lipinski definition) is 4. The van der Waals surface area contributed by atoms with Crippen molar-refractivity contribution < 1.29 is 4.79 Å². The summed E-state index contributed by atoms with van der Waals surface area (Å²) in [7, 11) is 1.76. The highest BCUT2D eigenvalue weighted by atomic mass is 32.1. The Kier molecular flexibility index (Phi) is 4.87. The first-order valence-corrected chi connectivity index (χ1v) is 7.45. The lowest BCUT2D eigenvalue weighted by atomic mass is 10.2. The number of carbonyl (C=O) groups excluding carboxylic acids is 1. The van der Waals surface area contributed by atoms with E-state index in [9.17, 15) is 4.79 Å². The lowest BCUT2D eigenvalue weighted by Crippen LogP contribution is -2.39. The van der Waals surface area contributed by atoms with Gasteiger partial charge in [0.2, 0.25) is 0 Å². The van der Waals surface area contributed by atoms with Gasteiger partial charge in [0.15, 0.2) is 0 Å². The lowest BCUT2D eigenvalue weighted by Gasteiger charge is -2.22. The molecule has 0 fully saturated rings. The summed E-state index contributed by atoms with van der Waals surface area (Å²) in [5.41, 5.74) is 7.29. The zero-order valence-corrected chi connectivity index (χ0v) is 12.6.